The van der Waals surface area contributed by atoms with E-state index in [2.05, 4.69) is 36.5 Å². The number of para-hydroxylation sites is 1. The molecule has 0 saturated carbocycles. The Balaban J connectivity index is 1.74. The Hall–Kier alpha value is -3.07. The molecular formula is C25H25NO2. The van der Waals surface area contributed by atoms with Gasteiger partial charge >= 0.3 is 0 Å². The van der Waals surface area contributed by atoms with Gasteiger partial charge in [0.25, 0.3) is 0 Å². The van der Waals surface area contributed by atoms with Crippen LogP contribution >= 0.6 is 0 Å². The molecule has 4 rings (SSSR count). The normalized spacial score (nSPS) is 13.5. The molecule has 3 aromatic rings. The van der Waals surface area contributed by atoms with Crippen LogP contribution in [0.1, 0.15) is 30.9 Å². The molecule has 142 valence electrons. The van der Waals surface area contributed by atoms with Crippen LogP contribution in [0.3, 0.4) is 0 Å². The van der Waals surface area contributed by atoms with Gasteiger partial charge in [-0.3, -0.25) is 4.79 Å². The molecule has 3 aromatic carbocycles. The summed E-state index contributed by atoms with van der Waals surface area (Å²) < 4.78 is 6.00. The van der Waals surface area contributed by atoms with E-state index in [1.165, 1.54) is 0 Å². The largest absolute Gasteiger partial charge is 0.494 e. The van der Waals surface area contributed by atoms with E-state index in [9.17, 15) is 4.79 Å². The lowest BCUT2D eigenvalue weighted by molar-refractivity contribution is -0.125. The fraction of sp³-hybridized carbons (Fsp3) is 0.240. The first kappa shape index (κ1) is 18.3. The molecule has 3 nitrogen and oxygen atoms in total. The third-order valence-electron chi connectivity index (χ3n) is 5.48. The molecule has 0 heterocycles. The number of carbonyl (C=O) groups excluding carboxylic acids is 1. The lowest BCUT2D eigenvalue weighted by atomic mass is 9.74. The Bertz CT molecular complexity index is 920. The van der Waals surface area contributed by atoms with Crippen molar-refractivity contribution in [2.24, 2.45) is 0 Å². The summed E-state index contributed by atoms with van der Waals surface area (Å²) in [4.78, 5) is 13.5. The van der Waals surface area contributed by atoms with Gasteiger partial charge in [-0.2, -0.15) is 0 Å². The predicted molar refractivity (Wildman–Crippen MR) is 113 cm³/mol. The monoisotopic (exact) mass is 371 g/mol. The molecule has 0 atom stereocenters. The molecular weight excluding hydrogens is 346 g/mol. The molecule has 0 bridgehead atoms. The van der Waals surface area contributed by atoms with Gasteiger partial charge in [0.2, 0.25) is 5.91 Å². The van der Waals surface area contributed by atoms with E-state index in [1.807, 2.05) is 54.6 Å². The number of rotatable bonds is 7. The lowest BCUT2D eigenvalue weighted by Gasteiger charge is -2.31. The fourth-order valence-corrected chi connectivity index (χ4v) is 4.18. The molecule has 0 aliphatic heterocycles. The average Bonchev–Trinajstić information content (AvgIpc) is 3.04. The molecule has 1 N–H and O–H groups in total. The third kappa shape index (κ3) is 3.07. The average molecular weight is 371 g/mol. The maximum absolute atomic E-state index is 13.5. The second-order valence-corrected chi connectivity index (χ2v) is 7.16. The molecule has 28 heavy (non-hydrogen) atoms. The van der Waals surface area contributed by atoms with Crippen molar-refractivity contribution >= 4 is 5.91 Å². The van der Waals surface area contributed by atoms with Crippen molar-refractivity contribution < 1.29 is 9.53 Å². The number of ether oxygens (including phenoxy) is 1. The number of fused-ring (bicyclic) bond motifs is 3. The quantitative estimate of drug-likeness (QED) is 0.638. The van der Waals surface area contributed by atoms with Gasteiger partial charge in [-0.25, -0.2) is 0 Å². The highest BCUT2D eigenvalue weighted by Crippen LogP contribution is 2.50. The van der Waals surface area contributed by atoms with E-state index in [0.29, 0.717) is 19.6 Å². The molecule has 1 aliphatic carbocycles. The topological polar surface area (TPSA) is 38.3 Å². The minimum atomic E-state index is -0.725. The van der Waals surface area contributed by atoms with E-state index in [1.54, 1.807) is 0 Å². The van der Waals surface area contributed by atoms with Crippen molar-refractivity contribution in [1.29, 1.82) is 0 Å². The summed E-state index contributed by atoms with van der Waals surface area (Å²) in [6.07, 6.45) is 1.50. The van der Waals surface area contributed by atoms with Crippen LogP contribution in [0.5, 0.6) is 5.75 Å². The van der Waals surface area contributed by atoms with Crippen molar-refractivity contribution in [3.05, 3.63) is 90.0 Å². The molecule has 3 heteroatoms. The zero-order valence-electron chi connectivity index (χ0n) is 16.2. The second-order valence-electron chi connectivity index (χ2n) is 7.16. The summed E-state index contributed by atoms with van der Waals surface area (Å²) >= 11 is 0. The van der Waals surface area contributed by atoms with E-state index in [4.69, 9.17) is 4.74 Å². The Kier molecular flexibility index (Phi) is 5.16. The minimum absolute atomic E-state index is 0.0587. The maximum Gasteiger partial charge on any atom is 0.235 e. The van der Waals surface area contributed by atoms with Crippen LogP contribution in [0, 0.1) is 0 Å². The van der Waals surface area contributed by atoms with Crippen LogP contribution in [-0.4, -0.2) is 19.1 Å². The summed E-state index contributed by atoms with van der Waals surface area (Å²) in [5.74, 6) is 0.884. The summed E-state index contributed by atoms with van der Waals surface area (Å²) in [7, 11) is 0. The molecule has 0 unspecified atom stereocenters. The van der Waals surface area contributed by atoms with Gasteiger partial charge < -0.3 is 10.1 Å². The number of benzene rings is 3. The molecule has 0 fully saturated rings. The summed E-state index contributed by atoms with van der Waals surface area (Å²) in [5.41, 5.74) is 3.70. The molecule has 0 spiro atoms. The Labute approximate surface area is 166 Å². The van der Waals surface area contributed by atoms with Crippen LogP contribution in [-0.2, 0) is 10.2 Å². The smallest absolute Gasteiger partial charge is 0.235 e. The molecule has 0 radical (unpaired) electrons. The SMILES string of the molecule is CCCNC(=O)C1(CCOc2ccccc2)c2ccccc2-c2ccccc21. The van der Waals surface area contributed by atoms with Gasteiger partial charge in [-0.15, -0.1) is 0 Å². The third-order valence-corrected chi connectivity index (χ3v) is 5.48. The molecule has 0 saturated heterocycles. The van der Waals surface area contributed by atoms with E-state index in [0.717, 1.165) is 34.4 Å². The zero-order valence-corrected chi connectivity index (χ0v) is 16.2. The molecule has 1 amide bonds. The number of amides is 1. The Morgan fingerprint density at radius 3 is 2.04 bits per heavy atom. The summed E-state index contributed by atoms with van der Waals surface area (Å²) in [6, 6.07) is 26.3. The first-order chi connectivity index (χ1) is 13.8. The van der Waals surface area contributed by atoms with Gasteiger partial charge in [0, 0.05) is 13.0 Å². The van der Waals surface area contributed by atoms with Gasteiger partial charge in [-0.1, -0.05) is 73.7 Å². The zero-order chi connectivity index (χ0) is 19.4. The maximum atomic E-state index is 13.5. The predicted octanol–water partition coefficient (Wildman–Crippen LogP) is 4.95. The van der Waals surface area contributed by atoms with Crippen LogP contribution in [0.25, 0.3) is 11.1 Å². The van der Waals surface area contributed by atoms with Crippen LogP contribution in [0.2, 0.25) is 0 Å². The van der Waals surface area contributed by atoms with E-state index < -0.39 is 5.41 Å². The standard InChI is InChI=1S/C25H25NO2/c1-2-17-26-24(27)25(16-18-28-19-10-4-3-5-11-19)22-14-8-6-12-20(22)21-13-7-9-15-23(21)25/h3-15H,2,16-18H2,1H3,(H,26,27). The summed E-state index contributed by atoms with van der Waals surface area (Å²) in [5, 5.41) is 3.15. The van der Waals surface area contributed by atoms with E-state index in [-0.39, 0.29) is 5.91 Å². The van der Waals surface area contributed by atoms with Crippen LogP contribution in [0.15, 0.2) is 78.9 Å². The van der Waals surface area contributed by atoms with Crippen molar-refractivity contribution in [3.8, 4) is 16.9 Å². The molecule has 1 aliphatic rings. The highest BCUT2D eigenvalue weighted by atomic mass is 16.5. The van der Waals surface area contributed by atoms with Crippen molar-refractivity contribution in [2.75, 3.05) is 13.2 Å². The number of hydrogen-bond acceptors (Lipinski definition) is 2. The van der Waals surface area contributed by atoms with Gasteiger partial charge in [-0.05, 0) is 40.8 Å². The van der Waals surface area contributed by atoms with Crippen molar-refractivity contribution in [3.63, 3.8) is 0 Å². The lowest BCUT2D eigenvalue weighted by Crippen LogP contribution is -2.45. The highest BCUT2D eigenvalue weighted by Gasteiger charge is 2.48. The number of nitrogens with one attached hydrogen (secondary N) is 1. The van der Waals surface area contributed by atoms with Gasteiger partial charge in [0.05, 0.1) is 6.61 Å². The van der Waals surface area contributed by atoms with Crippen molar-refractivity contribution in [2.45, 2.75) is 25.2 Å². The fourth-order valence-electron chi connectivity index (χ4n) is 4.18. The number of carbonyl (C=O) groups is 1. The number of hydrogen-bond donors (Lipinski definition) is 1. The van der Waals surface area contributed by atoms with Gasteiger partial charge in [0.15, 0.2) is 0 Å². The van der Waals surface area contributed by atoms with Crippen molar-refractivity contribution in [1.82, 2.24) is 5.32 Å². The first-order valence-corrected chi connectivity index (χ1v) is 9.93. The highest BCUT2D eigenvalue weighted by molar-refractivity contribution is 6.00. The Morgan fingerprint density at radius 2 is 1.43 bits per heavy atom. The second kappa shape index (κ2) is 7.89. The van der Waals surface area contributed by atoms with Crippen LogP contribution in [0.4, 0.5) is 0 Å². The Morgan fingerprint density at radius 1 is 0.857 bits per heavy atom. The van der Waals surface area contributed by atoms with Gasteiger partial charge in [0.1, 0.15) is 11.2 Å². The van der Waals surface area contributed by atoms with E-state index >= 15 is 0 Å². The summed E-state index contributed by atoms with van der Waals surface area (Å²) in [6.45, 7) is 3.21. The molecule has 0 aromatic heterocycles. The first-order valence-electron chi connectivity index (χ1n) is 9.93. The van der Waals surface area contributed by atoms with Crippen LogP contribution < -0.4 is 10.1 Å². The minimum Gasteiger partial charge on any atom is -0.494 e.